The molecule has 132 valence electrons. The van der Waals surface area contributed by atoms with Crippen LogP contribution in [0, 0.1) is 13.8 Å². The average Bonchev–Trinajstić information content (AvgIpc) is 3.02. The van der Waals surface area contributed by atoms with E-state index in [0.29, 0.717) is 17.9 Å². The van der Waals surface area contributed by atoms with Crippen molar-refractivity contribution in [3.8, 4) is 0 Å². The molecule has 0 aliphatic carbocycles. The number of urea groups is 1. The zero-order valence-electron chi connectivity index (χ0n) is 15.5. The van der Waals surface area contributed by atoms with E-state index in [-0.39, 0.29) is 17.6 Å². The third kappa shape index (κ3) is 3.77. The normalized spacial score (nSPS) is 13.0. The predicted octanol–water partition coefficient (Wildman–Crippen LogP) is 3.69. The fraction of sp³-hybridized carbons (Fsp3) is 0.588. The van der Waals surface area contributed by atoms with E-state index >= 15 is 0 Å². The van der Waals surface area contributed by atoms with Gasteiger partial charge in [0.2, 0.25) is 0 Å². The predicted molar refractivity (Wildman–Crippen MR) is 93.1 cm³/mol. The molecule has 0 aliphatic rings. The van der Waals surface area contributed by atoms with Crippen LogP contribution >= 0.6 is 0 Å². The SMILES string of the molecule is CCc1noc(C)c1NC(=O)N[C@H](C)c1cn(C(C)(C)C)nc1C. The molecule has 0 aromatic carbocycles. The number of amides is 2. The summed E-state index contributed by atoms with van der Waals surface area (Å²) in [6.07, 6.45) is 2.68. The summed E-state index contributed by atoms with van der Waals surface area (Å²) >= 11 is 0. The maximum Gasteiger partial charge on any atom is 0.319 e. The van der Waals surface area contributed by atoms with Gasteiger partial charge in [-0.25, -0.2) is 4.79 Å². The molecule has 7 heteroatoms. The second-order valence-corrected chi connectivity index (χ2v) is 7.02. The molecule has 1 atom stereocenters. The largest absolute Gasteiger partial charge is 0.359 e. The van der Waals surface area contributed by atoms with Crippen LogP contribution < -0.4 is 10.6 Å². The molecule has 2 aromatic rings. The van der Waals surface area contributed by atoms with Crippen LogP contribution in [0.1, 0.15) is 63.4 Å². The molecule has 2 N–H and O–H groups in total. The van der Waals surface area contributed by atoms with Crippen molar-refractivity contribution in [1.82, 2.24) is 20.3 Å². The van der Waals surface area contributed by atoms with Gasteiger partial charge in [-0.2, -0.15) is 5.10 Å². The molecule has 2 aromatic heterocycles. The molecule has 0 bridgehead atoms. The number of carbonyl (C=O) groups excluding carboxylic acids is 1. The number of aromatic nitrogens is 3. The van der Waals surface area contributed by atoms with E-state index in [4.69, 9.17) is 4.52 Å². The van der Waals surface area contributed by atoms with Crippen LogP contribution in [0.4, 0.5) is 10.5 Å². The van der Waals surface area contributed by atoms with E-state index in [1.807, 2.05) is 31.6 Å². The number of nitrogens with zero attached hydrogens (tertiary/aromatic N) is 3. The zero-order valence-corrected chi connectivity index (χ0v) is 15.5. The summed E-state index contributed by atoms with van der Waals surface area (Å²) in [5.74, 6) is 0.603. The van der Waals surface area contributed by atoms with Gasteiger partial charge in [0, 0.05) is 11.8 Å². The number of nitrogens with one attached hydrogen (secondary N) is 2. The summed E-state index contributed by atoms with van der Waals surface area (Å²) in [5, 5.41) is 14.3. The van der Waals surface area contributed by atoms with Crippen molar-refractivity contribution < 1.29 is 9.32 Å². The maximum atomic E-state index is 12.3. The van der Waals surface area contributed by atoms with Gasteiger partial charge >= 0.3 is 6.03 Å². The van der Waals surface area contributed by atoms with E-state index in [9.17, 15) is 4.79 Å². The Labute approximate surface area is 142 Å². The summed E-state index contributed by atoms with van der Waals surface area (Å²) in [7, 11) is 0. The Bertz CT molecular complexity index is 724. The minimum absolute atomic E-state index is 0.0966. The zero-order chi connectivity index (χ0) is 18.1. The highest BCUT2D eigenvalue weighted by Gasteiger charge is 2.21. The van der Waals surface area contributed by atoms with Gasteiger partial charge in [0.1, 0.15) is 11.4 Å². The lowest BCUT2D eigenvalue weighted by Crippen LogP contribution is -2.31. The van der Waals surface area contributed by atoms with E-state index in [2.05, 4.69) is 41.7 Å². The van der Waals surface area contributed by atoms with Crippen molar-refractivity contribution in [2.75, 3.05) is 5.32 Å². The lowest BCUT2D eigenvalue weighted by molar-refractivity contribution is 0.249. The summed E-state index contributed by atoms with van der Waals surface area (Å²) in [6, 6.07) is -0.447. The molecule has 0 spiro atoms. The third-order valence-electron chi connectivity index (χ3n) is 3.95. The summed E-state index contributed by atoms with van der Waals surface area (Å²) in [5.41, 5.74) is 3.20. The molecular formula is C17H27N5O2. The number of anilines is 1. The van der Waals surface area contributed by atoms with Crippen molar-refractivity contribution in [3.05, 3.63) is 28.9 Å². The van der Waals surface area contributed by atoms with Gasteiger partial charge in [-0.3, -0.25) is 4.68 Å². The first-order valence-corrected chi connectivity index (χ1v) is 8.22. The number of aryl methyl sites for hydroxylation is 3. The van der Waals surface area contributed by atoms with Gasteiger partial charge in [-0.15, -0.1) is 0 Å². The Morgan fingerprint density at radius 2 is 2.04 bits per heavy atom. The second kappa shape index (κ2) is 6.67. The van der Waals surface area contributed by atoms with Crippen LogP contribution in [-0.4, -0.2) is 21.0 Å². The van der Waals surface area contributed by atoms with Crippen molar-refractivity contribution in [2.45, 2.75) is 66.5 Å². The highest BCUT2D eigenvalue weighted by atomic mass is 16.5. The Kier molecular flexibility index (Phi) is 5.01. The van der Waals surface area contributed by atoms with Gasteiger partial charge in [0.25, 0.3) is 0 Å². The van der Waals surface area contributed by atoms with Crippen LogP contribution in [0.2, 0.25) is 0 Å². The summed E-state index contributed by atoms with van der Waals surface area (Å²) in [4.78, 5) is 12.3. The van der Waals surface area contributed by atoms with Crippen LogP contribution in [0.5, 0.6) is 0 Å². The monoisotopic (exact) mass is 333 g/mol. The van der Waals surface area contributed by atoms with E-state index < -0.39 is 0 Å². The molecule has 7 nitrogen and oxygen atoms in total. The first-order chi connectivity index (χ1) is 11.1. The first-order valence-electron chi connectivity index (χ1n) is 8.22. The van der Waals surface area contributed by atoms with Crippen LogP contribution in [0.15, 0.2) is 10.7 Å². The summed E-state index contributed by atoms with van der Waals surface area (Å²) < 4.78 is 7.05. The van der Waals surface area contributed by atoms with Crippen LogP contribution in [0.25, 0.3) is 0 Å². The molecule has 0 aliphatic heterocycles. The molecule has 0 saturated heterocycles. The maximum absolute atomic E-state index is 12.3. The number of hydrogen-bond acceptors (Lipinski definition) is 4. The Morgan fingerprint density at radius 1 is 1.38 bits per heavy atom. The molecular weight excluding hydrogens is 306 g/mol. The number of carbonyl (C=O) groups is 1. The number of rotatable bonds is 4. The molecule has 0 fully saturated rings. The fourth-order valence-corrected chi connectivity index (χ4v) is 2.49. The minimum atomic E-state index is -0.286. The number of hydrogen-bond donors (Lipinski definition) is 2. The smallest absolute Gasteiger partial charge is 0.319 e. The molecule has 0 saturated carbocycles. The standard InChI is InChI=1S/C17H27N5O2/c1-8-14-15(12(4)24-21-14)19-16(23)18-10(2)13-9-22(17(5,6)7)20-11(13)3/h9-10H,8H2,1-7H3,(H2,18,19,23)/t10-/m1/s1. The van der Waals surface area contributed by atoms with E-state index in [1.54, 1.807) is 6.92 Å². The van der Waals surface area contributed by atoms with Crippen molar-refractivity contribution in [2.24, 2.45) is 0 Å². The fourth-order valence-electron chi connectivity index (χ4n) is 2.49. The molecule has 0 radical (unpaired) electrons. The van der Waals surface area contributed by atoms with Gasteiger partial charge in [-0.1, -0.05) is 12.1 Å². The second-order valence-electron chi connectivity index (χ2n) is 7.02. The Hall–Kier alpha value is -2.31. The summed E-state index contributed by atoms with van der Waals surface area (Å²) in [6.45, 7) is 13.9. The van der Waals surface area contributed by atoms with Crippen molar-refractivity contribution in [1.29, 1.82) is 0 Å². The lowest BCUT2D eigenvalue weighted by atomic mass is 10.1. The first kappa shape index (κ1) is 18.0. The molecule has 2 amide bonds. The molecule has 2 rings (SSSR count). The highest BCUT2D eigenvalue weighted by molar-refractivity contribution is 5.90. The van der Waals surface area contributed by atoms with Crippen molar-refractivity contribution >= 4 is 11.7 Å². The van der Waals surface area contributed by atoms with Crippen LogP contribution in [-0.2, 0) is 12.0 Å². The average molecular weight is 333 g/mol. The van der Waals surface area contributed by atoms with Gasteiger partial charge < -0.3 is 15.2 Å². The topological polar surface area (TPSA) is 85.0 Å². The van der Waals surface area contributed by atoms with E-state index in [0.717, 1.165) is 17.0 Å². The van der Waals surface area contributed by atoms with Crippen molar-refractivity contribution in [3.63, 3.8) is 0 Å². The van der Waals surface area contributed by atoms with Crippen LogP contribution in [0.3, 0.4) is 0 Å². The Morgan fingerprint density at radius 3 is 2.58 bits per heavy atom. The van der Waals surface area contributed by atoms with Gasteiger partial charge in [0.05, 0.1) is 17.3 Å². The van der Waals surface area contributed by atoms with E-state index in [1.165, 1.54) is 0 Å². The lowest BCUT2D eigenvalue weighted by Gasteiger charge is -2.19. The molecule has 2 heterocycles. The quantitative estimate of drug-likeness (QED) is 0.893. The molecule has 0 unspecified atom stereocenters. The molecule has 24 heavy (non-hydrogen) atoms. The van der Waals surface area contributed by atoms with Gasteiger partial charge in [0.15, 0.2) is 5.76 Å². The minimum Gasteiger partial charge on any atom is -0.359 e. The Balaban J connectivity index is 2.09. The highest BCUT2D eigenvalue weighted by Crippen LogP contribution is 2.23. The third-order valence-corrected chi connectivity index (χ3v) is 3.95. The van der Waals surface area contributed by atoms with Gasteiger partial charge in [-0.05, 0) is 48.0 Å².